The molecule has 0 aromatic heterocycles. The van der Waals surface area contributed by atoms with E-state index >= 15 is 0 Å². The molecule has 1 unspecified atom stereocenters. The third kappa shape index (κ3) is 5.28. The van der Waals surface area contributed by atoms with Crippen LogP contribution in [0.15, 0.2) is 30.3 Å². The van der Waals surface area contributed by atoms with Gasteiger partial charge in [-0.1, -0.05) is 30.3 Å². The highest BCUT2D eigenvalue weighted by atomic mass is 32.2. The summed E-state index contributed by atoms with van der Waals surface area (Å²) in [5, 5.41) is 0. The Hall–Kier alpha value is -0.940. The standard InChI is InChI=1S/C14H18O3S2/c1-10(15)17-13(14(18-2)19-3)9-12(16)11-7-5-4-6-8-11/h4-8,13-14H,9H2,1-3H3. The van der Waals surface area contributed by atoms with Gasteiger partial charge < -0.3 is 4.74 Å². The number of carbonyl (C=O) groups is 2. The van der Waals surface area contributed by atoms with Crippen molar-refractivity contribution in [1.29, 1.82) is 0 Å². The molecule has 5 heteroatoms. The normalized spacial score (nSPS) is 12.2. The molecule has 1 rings (SSSR count). The van der Waals surface area contributed by atoms with Crippen molar-refractivity contribution in [1.82, 2.24) is 0 Å². The van der Waals surface area contributed by atoms with Crippen LogP contribution >= 0.6 is 23.5 Å². The molecule has 0 aliphatic rings. The molecule has 0 heterocycles. The van der Waals surface area contributed by atoms with Crippen molar-refractivity contribution >= 4 is 35.3 Å². The zero-order chi connectivity index (χ0) is 14.3. The monoisotopic (exact) mass is 298 g/mol. The maximum absolute atomic E-state index is 12.2. The second-order valence-electron chi connectivity index (χ2n) is 3.98. The van der Waals surface area contributed by atoms with Gasteiger partial charge in [0.25, 0.3) is 0 Å². The van der Waals surface area contributed by atoms with Crippen molar-refractivity contribution in [2.75, 3.05) is 12.5 Å². The van der Waals surface area contributed by atoms with Gasteiger partial charge in [-0.15, -0.1) is 23.5 Å². The van der Waals surface area contributed by atoms with Gasteiger partial charge in [0.15, 0.2) is 5.78 Å². The molecule has 0 bridgehead atoms. The van der Waals surface area contributed by atoms with Gasteiger partial charge in [-0.2, -0.15) is 0 Å². The van der Waals surface area contributed by atoms with Crippen molar-refractivity contribution < 1.29 is 14.3 Å². The van der Waals surface area contributed by atoms with E-state index in [1.807, 2.05) is 30.7 Å². The van der Waals surface area contributed by atoms with Gasteiger partial charge in [0, 0.05) is 12.5 Å². The van der Waals surface area contributed by atoms with Gasteiger partial charge in [-0.3, -0.25) is 9.59 Å². The second-order valence-corrected chi connectivity index (χ2v) is 6.24. The molecule has 0 N–H and O–H groups in total. The summed E-state index contributed by atoms with van der Waals surface area (Å²) in [6.07, 6.45) is 3.72. The van der Waals surface area contributed by atoms with E-state index < -0.39 is 6.10 Å². The number of hydrogen-bond acceptors (Lipinski definition) is 5. The largest absolute Gasteiger partial charge is 0.460 e. The van der Waals surface area contributed by atoms with Gasteiger partial charge in [-0.05, 0) is 12.5 Å². The molecule has 1 atom stereocenters. The highest BCUT2D eigenvalue weighted by Gasteiger charge is 2.26. The van der Waals surface area contributed by atoms with Crippen molar-refractivity contribution in [3.8, 4) is 0 Å². The Bertz CT molecular complexity index is 416. The van der Waals surface area contributed by atoms with Crippen LogP contribution in [0.4, 0.5) is 0 Å². The number of rotatable bonds is 7. The van der Waals surface area contributed by atoms with E-state index in [-0.39, 0.29) is 22.8 Å². The topological polar surface area (TPSA) is 43.4 Å². The Morgan fingerprint density at radius 2 is 1.74 bits per heavy atom. The minimum atomic E-state index is -0.393. The molecular formula is C14H18O3S2. The van der Waals surface area contributed by atoms with Crippen LogP contribution < -0.4 is 0 Å². The predicted octanol–water partition coefficient (Wildman–Crippen LogP) is 3.24. The average Bonchev–Trinajstić information content (AvgIpc) is 2.40. The zero-order valence-electron chi connectivity index (χ0n) is 11.3. The molecule has 0 saturated carbocycles. The van der Waals surface area contributed by atoms with Gasteiger partial charge in [0.1, 0.15) is 6.10 Å². The number of ether oxygens (including phenoxy) is 1. The fourth-order valence-corrected chi connectivity index (χ4v) is 3.41. The van der Waals surface area contributed by atoms with Gasteiger partial charge >= 0.3 is 5.97 Å². The van der Waals surface area contributed by atoms with Crippen LogP contribution in [0.25, 0.3) is 0 Å². The van der Waals surface area contributed by atoms with E-state index in [0.717, 1.165) is 0 Å². The summed E-state index contributed by atoms with van der Waals surface area (Å²) in [5.41, 5.74) is 0.653. The summed E-state index contributed by atoms with van der Waals surface area (Å²) in [7, 11) is 0. The molecule has 0 radical (unpaired) electrons. The second kappa shape index (κ2) is 8.27. The van der Waals surface area contributed by atoms with Crippen molar-refractivity contribution in [3.05, 3.63) is 35.9 Å². The summed E-state index contributed by atoms with van der Waals surface area (Å²) >= 11 is 3.18. The van der Waals surface area contributed by atoms with Gasteiger partial charge in [0.05, 0.1) is 11.0 Å². The Morgan fingerprint density at radius 3 is 2.21 bits per heavy atom. The van der Waals surface area contributed by atoms with E-state index in [1.165, 1.54) is 6.92 Å². The minimum Gasteiger partial charge on any atom is -0.460 e. The highest BCUT2D eigenvalue weighted by molar-refractivity contribution is 8.16. The molecule has 3 nitrogen and oxygen atoms in total. The fraction of sp³-hybridized carbons (Fsp3) is 0.429. The lowest BCUT2D eigenvalue weighted by atomic mass is 10.1. The quantitative estimate of drug-likeness (QED) is 0.439. The molecule has 1 aromatic carbocycles. The zero-order valence-corrected chi connectivity index (χ0v) is 12.9. The number of benzene rings is 1. The first-order valence-electron chi connectivity index (χ1n) is 5.89. The Kier molecular flexibility index (Phi) is 7.02. The van der Waals surface area contributed by atoms with Crippen molar-refractivity contribution in [2.24, 2.45) is 0 Å². The molecule has 1 aromatic rings. The number of Topliss-reactive ketones (excluding diaryl/α,β-unsaturated/α-hetero) is 1. The molecule has 0 fully saturated rings. The molecule has 0 amide bonds. The molecular weight excluding hydrogens is 280 g/mol. The van der Waals surface area contributed by atoms with Crippen LogP contribution in [0, 0.1) is 0 Å². The Morgan fingerprint density at radius 1 is 1.16 bits per heavy atom. The van der Waals surface area contributed by atoms with Crippen LogP contribution in [-0.4, -0.2) is 35.0 Å². The van der Waals surface area contributed by atoms with Crippen LogP contribution in [0.2, 0.25) is 0 Å². The van der Waals surface area contributed by atoms with E-state index in [4.69, 9.17) is 4.74 Å². The molecule has 0 aliphatic carbocycles. The SMILES string of the molecule is CSC(SC)C(CC(=O)c1ccccc1)OC(C)=O. The van der Waals surface area contributed by atoms with Crippen molar-refractivity contribution in [2.45, 2.75) is 24.0 Å². The highest BCUT2D eigenvalue weighted by Crippen LogP contribution is 2.27. The van der Waals surface area contributed by atoms with E-state index in [1.54, 1.807) is 35.7 Å². The van der Waals surface area contributed by atoms with Crippen LogP contribution in [0.1, 0.15) is 23.7 Å². The maximum Gasteiger partial charge on any atom is 0.302 e. The number of carbonyl (C=O) groups excluding carboxylic acids is 2. The first kappa shape index (κ1) is 16.1. The number of esters is 1. The number of ketones is 1. The Labute approximate surface area is 122 Å². The first-order chi connectivity index (χ1) is 9.08. The van der Waals surface area contributed by atoms with Gasteiger partial charge in [-0.25, -0.2) is 0 Å². The van der Waals surface area contributed by atoms with Crippen LogP contribution in [-0.2, 0) is 9.53 Å². The molecule has 0 spiro atoms. The van der Waals surface area contributed by atoms with Gasteiger partial charge in [0.2, 0.25) is 0 Å². The summed E-state index contributed by atoms with van der Waals surface area (Å²) in [6.45, 7) is 1.37. The number of thioether (sulfide) groups is 2. The minimum absolute atomic E-state index is 0.0000463. The van der Waals surface area contributed by atoms with Crippen LogP contribution in [0.5, 0.6) is 0 Å². The molecule has 0 aliphatic heterocycles. The third-order valence-corrected chi connectivity index (χ3v) is 5.26. The molecule has 0 saturated heterocycles. The Balaban J connectivity index is 2.76. The first-order valence-corrected chi connectivity index (χ1v) is 8.47. The lowest BCUT2D eigenvalue weighted by Gasteiger charge is -2.23. The summed E-state index contributed by atoms with van der Waals surface area (Å²) in [5.74, 6) is -0.348. The summed E-state index contributed by atoms with van der Waals surface area (Å²) < 4.78 is 5.35. The molecule has 19 heavy (non-hydrogen) atoms. The van der Waals surface area contributed by atoms with Crippen LogP contribution in [0.3, 0.4) is 0 Å². The lowest BCUT2D eigenvalue weighted by molar-refractivity contribution is -0.145. The predicted molar refractivity (Wildman–Crippen MR) is 81.8 cm³/mol. The van der Waals surface area contributed by atoms with Crippen molar-refractivity contribution in [3.63, 3.8) is 0 Å². The van der Waals surface area contributed by atoms with E-state index in [0.29, 0.717) is 5.56 Å². The molecule has 104 valence electrons. The summed E-state index contributed by atoms with van der Waals surface area (Å²) in [6, 6.07) is 9.08. The average molecular weight is 298 g/mol. The smallest absolute Gasteiger partial charge is 0.302 e. The fourth-order valence-electron chi connectivity index (χ4n) is 1.73. The van der Waals surface area contributed by atoms with E-state index in [2.05, 4.69) is 0 Å². The van der Waals surface area contributed by atoms with E-state index in [9.17, 15) is 9.59 Å². The number of hydrogen-bond donors (Lipinski definition) is 0. The lowest BCUT2D eigenvalue weighted by Crippen LogP contribution is -2.28. The third-order valence-electron chi connectivity index (χ3n) is 2.57. The summed E-state index contributed by atoms with van der Waals surface area (Å²) in [4.78, 5) is 23.3. The maximum atomic E-state index is 12.2.